The smallest absolute Gasteiger partial charge is 0.335 e. The largest absolute Gasteiger partial charge is 0.479 e. The number of rotatable bonds is 23. The van der Waals surface area contributed by atoms with Crippen molar-refractivity contribution in [2.24, 2.45) is 0 Å². The highest BCUT2D eigenvalue weighted by molar-refractivity contribution is 5.76. The highest BCUT2D eigenvalue weighted by Gasteiger charge is 2.57. The van der Waals surface area contributed by atoms with Crippen LogP contribution in [-0.2, 0) is 66.7 Å². The molecule has 412 valence electrons. The Hall–Kier alpha value is -4.52. The first-order valence-corrected chi connectivity index (χ1v) is 24.4. The predicted octanol–water partition coefficient (Wildman–Crippen LogP) is -2.67. The summed E-state index contributed by atoms with van der Waals surface area (Å²) in [7, 11) is 0. The van der Waals surface area contributed by atoms with Crippen molar-refractivity contribution in [2.45, 2.75) is 209 Å². The molecule has 4 heterocycles. The zero-order valence-electron chi connectivity index (χ0n) is 41.6. The lowest BCUT2D eigenvalue weighted by Gasteiger charge is -2.50. The number of para-hydroxylation sites is 1. The molecule has 73 heavy (non-hydrogen) atoms. The Bertz CT molecular complexity index is 1970. The highest BCUT2D eigenvalue weighted by Crippen LogP contribution is 2.35. The van der Waals surface area contributed by atoms with Gasteiger partial charge in [-0.05, 0) is 65.0 Å². The van der Waals surface area contributed by atoms with Crippen LogP contribution >= 0.6 is 0 Å². The highest BCUT2D eigenvalue weighted by atomic mass is 16.8. The Morgan fingerprint density at radius 3 is 1.63 bits per heavy atom. The van der Waals surface area contributed by atoms with Gasteiger partial charge >= 0.3 is 11.9 Å². The molecule has 4 saturated heterocycles. The maximum atomic E-state index is 12.9. The molecule has 20 atom stereocenters. The van der Waals surface area contributed by atoms with E-state index in [1.807, 2.05) is 6.07 Å². The normalized spacial score (nSPS) is 36.5. The number of carboxylic acids is 1. The SMILES string of the molecule is CC(=O)N[C@H]1C(O)[C@H](O)C(C)O[C@H]1O[C@H]1C(O)[C@H](O)C(C(=O)O)O[C@H]1OC1[C@H](O)C(C)O[C@@H](OC2[C@@H](O)C(C)O[C@@H](OCCCCCNC(=O)CCCCC(=O)Oc3ccccc3)[C@H]2NC(C)=O)[C@H]1NC(C)=O. The number of hydrogen-bond acceptors (Lipinski definition) is 21. The van der Waals surface area contributed by atoms with Crippen molar-refractivity contribution >= 4 is 35.6 Å². The third-order valence-electron chi connectivity index (χ3n) is 12.7. The first-order chi connectivity index (χ1) is 34.6. The van der Waals surface area contributed by atoms with Crippen molar-refractivity contribution in [1.82, 2.24) is 21.3 Å². The molecule has 26 nitrogen and oxygen atoms in total. The minimum atomic E-state index is -2.17. The van der Waals surface area contributed by atoms with Gasteiger partial charge in [0.25, 0.3) is 0 Å². The number of aliphatic hydroxyl groups is 6. The van der Waals surface area contributed by atoms with Gasteiger partial charge in [-0.2, -0.15) is 0 Å². The van der Waals surface area contributed by atoms with E-state index >= 15 is 0 Å². The quantitative estimate of drug-likeness (QED) is 0.0303. The van der Waals surface area contributed by atoms with Gasteiger partial charge in [0.1, 0.15) is 78.8 Å². The van der Waals surface area contributed by atoms with E-state index in [1.165, 1.54) is 27.7 Å². The standard InChI is InChI=1S/C47H72N4O22/c1-21-33(57)36(60)30(49-24(4)52)45(67-21)73-42-38(62)37(61)41(43(63)64)72-47(42)71-40-32(51-26(6)54)46(68-23(3)35(40)59)70-39-31(50-25(5)53)44(66-22(2)34(39)58)65-20-14-8-13-19-48-28(55)17-11-12-18-29(56)69-27-15-9-7-10-16-27/h7,9-10,15-16,21-23,30-42,44-47,57-62H,8,11-14,17-20H2,1-6H3,(H,48,55)(H,49,52)(H,50,53)(H,51,54)(H,63,64)/t21?,22?,23?,30-,31-,32-,33+,34-,35+,36?,37-,38?,39?,40?,41?,42-,44+,45-,46-,47+/m0/s1. The number of aliphatic carboxylic acids is 1. The molecule has 1 aromatic carbocycles. The fourth-order valence-corrected chi connectivity index (χ4v) is 8.82. The molecule has 26 heteroatoms. The van der Waals surface area contributed by atoms with Gasteiger partial charge in [0.05, 0.1) is 18.3 Å². The third-order valence-corrected chi connectivity index (χ3v) is 12.7. The number of hydrogen-bond donors (Lipinski definition) is 11. The van der Waals surface area contributed by atoms with Crippen LogP contribution in [0.4, 0.5) is 0 Å². The Morgan fingerprint density at radius 2 is 1.04 bits per heavy atom. The molecule has 0 radical (unpaired) electrons. The molecular weight excluding hydrogens is 973 g/mol. The van der Waals surface area contributed by atoms with Gasteiger partial charge in [0.15, 0.2) is 31.3 Å². The molecule has 4 aliphatic heterocycles. The minimum Gasteiger partial charge on any atom is -0.479 e. The minimum absolute atomic E-state index is 0.106. The Labute approximate surface area is 421 Å². The summed E-state index contributed by atoms with van der Waals surface area (Å²) in [4.78, 5) is 74.4. The molecule has 0 aromatic heterocycles. The summed E-state index contributed by atoms with van der Waals surface area (Å²) in [6.45, 7) is 8.24. The van der Waals surface area contributed by atoms with Gasteiger partial charge in [-0.3, -0.25) is 24.0 Å². The number of unbranched alkanes of at least 4 members (excludes halogenated alkanes) is 3. The van der Waals surface area contributed by atoms with E-state index < -0.39 is 146 Å². The summed E-state index contributed by atoms with van der Waals surface area (Å²) in [6.07, 6.45) is -24.7. The second-order valence-corrected chi connectivity index (χ2v) is 18.6. The maximum Gasteiger partial charge on any atom is 0.335 e. The van der Waals surface area contributed by atoms with Crippen molar-refractivity contribution in [3.63, 3.8) is 0 Å². The van der Waals surface area contributed by atoms with E-state index in [-0.39, 0.29) is 31.3 Å². The molecule has 4 amide bonds. The number of ether oxygens (including phenoxy) is 9. The molecule has 0 spiro atoms. The number of carboxylic acid groups (broad SMARTS) is 1. The fraction of sp³-hybridized carbons (Fsp3) is 0.745. The van der Waals surface area contributed by atoms with E-state index in [1.54, 1.807) is 24.3 Å². The number of amides is 4. The van der Waals surface area contributed by atoms with Crippen LogP contribution in [0.3, 0.4) is 0 Å². The summed E-state index contributed by atoms with van der Waals surface area (Å²) in [5.74, 6) is -3.79. The molecule has 0 aliphatic carbocycles. The van der Waals surface area contributed by atoms with Gasteiger partial charge in [-0.15, -0.1) is 0 Å². The second kappa shape index (κ2) is 27.9. The first-order valence-electron chi connectivity index (χ1n) is 24.4. The number of carbonyl (C=O) groups excluding carboxylic acids is 5. The lowest BCUT2D eigenvalue weighted by Crippen LogP contribution is -2.71. The van der Waals surface area contributed by atoms with E-state index in [0.717, 1.165) is 13.8 Å². The first kappa shape index (κ1) is 59.4. The van der Waals surface area contributed by atoms with Gasteiger partial charge in [0.2, 0.25) is 23.6 Å². The van der Waals surface area contributed by atoms with Crippen LogP contribution in [0.15, 0.2) is 30.3 Å². The summed E-state index contributed by atoms with van der Waals surface area (Å²) in [5.41, 5.74) is 0. The van der Waals surface area contributed by atoms with Crippen molar-refractivity contribution in [2.75, 3.05) is 13.2 Å². The number of nitrogens with one attached hydrogen (secondary N) is 4. The van der Waals surface area contributed by atoms with Crippen LogP contribution in [0.5, 0.6) is 5.75 Å². The van der Waals surface area contributed by atoms with Crippen molar-refractivity contribution in [3.8, 4) is 5.75 Å². The number of benzene rings is 1. The zero-order valence-corrected chi connectivity index (χ0v) is 41.6. The second-order valence-electron chi connectivity index (χ2n) is 18.6. The van der Waals surface area contributed by atoms with Crippen molar-refractivity contribution < 1.29 is 107 Å². The fourth-order valence-electron chi connectivity index (χ4n) is 8.82. The predicted molar refractivity (Wildman–Crippen MR) is 246 cm³/mol. The monoisotopic (exact) mass is 1040 g/mol. The van der Waals surface area contributed by atoms with Crippen LogP contribution in [0.1, 0.15) is 86.5 Å². The molecule has 4 fully saturated rings. The summed E-state index contributed by atoms with van der Waals surface area (Å²) < 4.78 is 53.4. The summed E-state index contributed by atoms with van der Waals surface area (Å²) in [5, 5.41) is 87.3. The van der Waals surface area contributed by atoms with Gasteiger partial charge in [-0.1, -0.05) is 18.2 Å². The van der Waals surface area contributed by atoms with Gasteiger partial charge < -0.3 is 99.6 Å². The van der Waals surface area contributed by atoms with Crippen LogP contribution in [0.25, 0.3) is 0 Å². The van der Waals surface area contributed by atoms with Crippen LogP contribution < -0.4 is 26.0 Å². The van der Waals surface area contributed by atoms with Crippen molar-refractivity contribution in [1.29, 1.82) is 0 Å². The van der Waals surface area contributed by atoms with E-state index in [9.17, 15) is 64.5 Å². The van der Waals surface area contributed by atoms with E-state index in [4.69, 9.17) is 42.6 Å². The van der Waals surface area contributed by atoms with Gasteiger partial charge in [-0.25, -0.2) is 4.79 Å². The third kappa shape index (κ3) is 16.5. The number of esters is 1. The van der Waals surface area contributed by atoms with Crippen LogP contribution in [0.2, 0.25) is 0 Å². The maximum absolute atomic E-state index is 12.9. The average Bonchev–Trinajstić information content (AvgIpc) is 3.32. The molecule has 11 N–H and O–H groups in total. The lowest BCUT2D eigenvalue weighted by molar-refractivity contribution is -0.372. The lowest BCUT2D eigenvalue weighted by atomic mass is 9.94. The van der Waals surface area contributed by atoms with Crippen LogP contribution in [0, 0.1) is 0 Å². The van der Waals surface area contributed by atoms with E-state index in [2.05, 4.69) is 21.3 Å². The summed E-state index contributed by atoms with van der Waals surface area (Å²) >= 11 is 0. The van der Waals surface area contributed by atoms with Gasteiger partial charge in [0, 0.05) is 46.8 Å². The topological polar surface area (TPSA) is 375 Å². The molecule has 0 saturated carbocycles. The Balaban J connectivity index is 1.24. The molecule has 4 aliphatic rings. The van der Waals surface area contributed by atoms with E-state index in [0.29, 0.717) is 44.4 Å². The molecule has 5 rings (SSSR count). The Kier molecular flexibility index (Phi) is 22.6. The van der Waals surface area contributed by atoms with Crippen molar-refractivity contribution in [3.05, 3.63) is 30.3 Å². The zero-order chi connectivity index (χ0) is 53.7. The molecular formula is C47H72N4O22. The number of carbonyl (C=O) groups is 6. The molecule has 8 unspecified atom stereocenters. The summed E-state index contributed by atoms with van der Waals surface area (Å²) in [6, 6.07) is 4.44. The molecule has 1 aromatic rings. The van der Waals surface area contributed by atoms with Crippen LogP contribution in [-0.4, -0.2) is 207 Å². The molecule has 0 bridgehead atoms. The average molecular weight is 1050 g/mol. The Morgan fingerprint density at radius 1 is 0.534 bits per heavy atom. The number of aliphatic hydroxyl groups excluding tert-OH is 6.